The van der Waals surface area contributed by atoms with Crippen LogP contribution in [0.1, 0.15) is 28.8 Å². The summed E-state index contributed by atoms with van der Waals surface area (Å²) in [5, 5.41) is 14.6. The molecule has 4 atom stereocenters. The Balaban J connectivity index is 1.27. The number of nitrogens with zero attached hydrogens (tertiary/aromatic N) is 2. The lowest BCUT2D eigenvalue weighted by atomic mass is 9.88. The van der Waals surface area contributed by atoms with Gasteiger partial charge in [0.1, 0.15) is 5.75 Å². The van der Waals surface area contributed by atoms with Gasteiger partial charge in [0, 0.05) is 23.4 Å². The van der Waals surface area contributed by atoms with Gasteiger partial charge in [-0.2, -0.15) is 0 Å². The average Bonchev–Trinajstić information content (AvgIpc) is 3.04. The number of rotatable bonds is 4. The van der Waals surface area contributed by atoms with Crippen LogP contribution >= 0.6 is 11.6 Å². The van der Waals surface area contributed by atoms with E-state index >= 15 is 0 Å². The molecule has 2 aromatic heterocycles. The molecule has 5 rings (SSSR count). The number of hydrogen-bond donors (Lipinski definition) is 2. The molecule has 162 valence electrons. The van der Waals surface area contributed by atoms with Crippen molar-refractivity contribution in [3.63, 3.8) is 0 Å². The smallest absolute Gasteiger partial charge is 0.406 e. The number of nitrogens with one attached hydrogen (secondary N) is 1. The maximum atomic E-state index is 12.5. The minimum atomic E-state index is -4.83. The molecule has 31 heavy (non-hydrogen) atoms. The van der Waals surface area contributed by atoms with Crippen molar-refractivity contribution < 1.29 is 27.8 Å². The first-order chi connectivity index (χ1) is 14.6. The molecule has 0 bridgehead atoms. The molecule has 0 radical (unpaired) electrons. The highest BCUT2D eigenvalue weighted by molar-refractivity contribution is 6.30. The minimum Gasteiger partial charge on any atom is -0.406 e. The first-order valence-electron chi connectivity index (χ1n) is 9.64. The standard InChI is InChI=1S/C21H17ClF3N3O3/c22-12-5-16(17-8-26-10-28(17)9-12)20(30)6-14-15(7-20)18(14)27-19(29)11-2-1-3-13(4-11)31-21(23,24)25/h1-5,8-10,14-15,18,30H,6-7H2,(H,27,29)/t14-,15+,18-,20+. The first-order valence-corrected chi connectivity index (χ1v) is 10.0. The third-order valence-corrected chi connectivity index (χ3v) is 6.30. The van der Waals surface area contributed by atoms with E-state index < -0.39 is 23.6 Å². The van der Waals surface area contributed by atoms with Crippen molar-refractivity contribution in [2.24, 2.45) is 11.8 Å². The van der Waals surface area contributed by atoms with Crippen LogP contribution < -0.4 is 10.1 Å². The van der Waals surface area contributed by atoms with Crippen LogP contribution in [0.15, 0.2) is 49.1 Å². The largest absolute Gasteiger partial charge is 0.573 e. The molecule has 0 unspecified atom stereocenters. The fourth-order valence-electron chi connectivity index (χ4n) is 4.74. The van der Waals surface area contributed by atoms with Crippen LogP contribution in [0.5, 0.6) is 5.75 Å². The Hall–Kier alpha value is -2.78. The number of aliphatic hydroxyl groups is 1. The van der Waals surface area contributed by atoms with Crippen molar-refractivity contribution in [2.45, 2.75) is 30.8 Å². The molecule has 1 amide bonds. The molecule has 0 saturated heterocycles. The zero-order chi connectivity index (χ0) is 22.0. The molecule has 3 aromatic rings. The number of halogens is 4. The molecule has 2 heterocycles. The zero-order valence-corrected chi connectivity index (χ0v) is 16.7. The molecule has 2 fully saturated rings. The molecule has 2 saturated carbocycles. The Kier molecular flexibility index (Phi) is 4.46. The molecule has 6 nitrogen and oxygen atoms in total. The van der Waals surface area contributed by atoms with Gasteiger partial charge in [-0.3, -0.25) is 4.79 Å². The van der Waals surface area contributed by atoms with E-state index in [0.29, 0.717) is 23.4 Å². The molecule has 0 spiro atoms. The highest BCUT2D eigenvalue weighted by Gasteiger charge is 2.62. The minimum absolute atomic E-state index is 0.0745. The van der Waals surface area contributed by atoms with E-state index in [4.69, 9.17) is 11.6 Å². The number of aromatic nitrogens is 2. The second-order valence-electron chi connectivity index (χ2n) is 8.10. The number of benzene rings is 1. The van der Waals surface area contributed by atoms with E-state index in [2.05, 4.69) is 15.0 Å². The van der Waals surface area contributed by atoms with E-state index in [1.165, 1.54) is 12.1 Å². The van der Waals surface area contributed by atoms with Crippen molar-refractivity contribution in [1.29, 1.82) is 0 Å². The summed E-state index contributed by atoms with van der Waals surface area (Å²) in [7, 11) is 0. The van der Waals surface area contributed by atoms with Gasteiger partial charge in [0.05, 0.1) is 28.7 Å². The predicted molar refractivity (Wildman–Crippen MR) is 105 cm³/mol. The summed E-state index contributed by atoms with van der Waals surface area (Å²) < 4.78 is 42.8. The number of carbonyl (C=O) groups excluding carboxylic acids is 1. The summed E-state index contributed by atoms with van der Waals surface area (Å²) in [4.78, 5) is 16.6. The van der Waals surface area contributed by atoms with Crippen molar-refractivity contribution >= 4 is 23.0 Å². The number of imidazole rings is 1. The predicted octanol–water partition coefficient (Wildman–Crippen LogP) is 3.91. The molecule has 2 N–H and O–H groups in total. The van der Waals surface area contributed by atoms with Crippen LogP contribution in [0.4, 0.5) is 13.2 Å². The molecule has 2 aliphatic rings. The van der Waals surface area contributed by atoms with Crippen LogP contribution in [-0.2, 0) is 5.60 Å². The number of fused-ring (bicyclic) bond motifs is 2. The lowest BCUT2D eigenvalue weighted by Crippen LogP contribution is -2.33. The Labute approximate surface area is 179 Å². The van der Waals surface area contributed by atoms with Gasteiger partial charge in [0.2, 0.25) is 0 Å². The Bertz CT molecular complexity index is 1170. The van der Waals surface area contributed by atoms with Crippen LogP contribution in [0.25, 0.3) is 5.52 Å². The SMILES string of the molecule is O=C(N[C@@H]1[C@@H]2C[C@@](O)(c3cc(Cl)cn4cncc34)C[C@@H]21)c1cccc(OC(F)(F)F)c1. The van der Waals surface area contributed by atoms with E-state index in [-0.39, 0.29) is 23.4 Å². The third-order valence-electron chi connectivity index (χ3n) is 6.09. The van der Waals surface area contributed by atoms with E-state index in [1.807, 2.05) is 0 Å². The maximum Gasteiger partial charge on any atom is 0.573 e. The molecular formula is C21H17ClF3N3O3. The highest BCUT2D eigenvalue weighted by Crippen LogP contribution is 2.60. The number of amides is 1. The quantitative estimate of drug-likeness (QED) is 0.630. The maximum absolute atomic E-state index is 12.5. The van der Waals surface area contributed by atoms with Crippen LogP contribution in [0, 0.1) is 11.8 Å². The Morgan fingerprint density at radius 1 is 1.29 bits per heavy atom. The topological polar surface area (TPSA) is 75.9 Å². The monoisotopic (exact) mass is 451 g/mol. The number of ether oxygens (including phenoxy) is 1. The fraction of sp³-hybridized carbons (Fsp3) is 0.333. The molecular weight excluding hydrogens is 435 g/mol. The van der Waals surface area contributed by atoms with Crippen molar-refractivity contribution in [3.8, 4) is 5.75 Å². The fourth-order valence-corrected chi connectivity index (χ4v) is 4.95. The summed E-state index contributed by atoms with van der Waals surface area (Å²) in [5.74, 6) is -0.774. The summed E-state index contributed by atoms with van der Waals surface area (Å²) in [6.45, 7) is 0. The van der Waals surface area contributed by atoms with E-state index in [9.17, 15) is 23.1 Å². The second kappa shape index (κ2) is 6.86. The summed E-state index contributed by atoms with van der Waals surface area (Å²) in [6.07, 6.45) is 1.06. The molecule has 10 heteroatoms. The van der Waals surface area contributed by atoms with Crippen molar-refractivity contribution in [2.75, 3.05) is 0 Å². The Morgan fingerprint density at radius 2 is 2.03 bits per heavy atom. The van der Waals surface area contributed by atoms with Gasteiger partial charge in [0.15, 0.2) is 0 Å². The van der Waals surface area contributed by atoms with Crippen molar-refractivity contribution in [3.05, 3.63) is 65.2 Å². The Morgan fingerprint density at radius 3 is 2.74 bits per heavy atom. The third kappa shape index (κ3) is 3.72. The number of hydrogen-bond acceptors (Lipinski definition) is 4. The average molecular weight is 452 g/mol. The number of carbonyl (C=O) groups is 1. The summed E-state index contributed by atoms with van der Waals surface area (Å²) >= 11 is 6.19. The zero-order valence-electron chi connectivity index (χ0n) is 15.9. The van der Waals surface area contributed by atoms with Crippen molar-refractivity contribution in [1.82, 2.24) is 14.7 Å². The number of alkyl halides is 3. The van der Waals surface area contributed by atoms with Gasteiger partial charge in [-0.05, 0) is 48.9 Å². The van der Waals surface area contributed by atoms with Crippen LogP contribution in [0.2, 0.25) is 5.02 Å². The second-order valence-corrected chi connectivity index (χ2v) is 8.54. The van der Waals surface area contributed by atoms with Gasteiger partial charge >= 0.3 is 6.36 Å². The van der Waals surface area contributed by atoms with Gasteiger partial charge in [-0.1, -0.05) is 17.7 Å². The van der Waals surface area contributed by atoms with Crippen LogP contribution in [-0.4, -0.2) is 32.8 Å². The first kappa shape index (κ1) is 20.1. The molecule has 2 aliphatic carbocycles. The van der Waals surface area contributed by atoms with Gasteiger partial charge in [-0.15, -0.1) is 13.2 Å². The number of pyridine rings is 1. The summed E-state index contributed by atoms with van der Waals surface area (Å²) in [6, 6.07) is 6.55. The van der Waals surface area contributed by atoms with E-state index in [0.717, 1.165) is 17.6 Å². The van der Waals surface area contributed by atoms with Crippen LogP contribution in [0.3, 0.4) is 0 Å². The van der Waals surface area contributed by atoms with Gasteiger partial charge < -0.3 is 19.6 Å². The lowest BCUT2D eigenvalue weighted by Gasteiger charge is -2.27. The van der Waals surface area contributed by atoms with E-state index in [1.54, 1.807) is 29.2 Å². The molecule has 0 aliphatic heterocycles. The van der Waals surface area contributed by atoms with Gasteiger partial charge in [-0.25, -0.2) is 4.98 Å². The normalized spacial score (nSPS) is 27.2. The highest BCUT2D eigenvalue weighted by atomic mass is 35.5. The lowest BCUT2D eigenvalue weighted by molar-refractivity contribution is -0.274. The molecule has 1 aromatic carbocycles. The van der Waals surface area contributed by atoms with Gasteiger partial charge in [0.25, 0.3) is 5.91 Å². The summed E-state index contributed by atoms with van der Waals surface area (Å²) in [5.41, 5.74) is 0.475.